The predicted molar refractivity (Wildman–Crippen MR) is 120 cm³/mol. The topological polar surface area (TPSA) is 124 Å². The molecule has 32 heavy (non-hydrogen) atoms. The number of benzene rings is 3. The van der Waals surface area contributed by atoms with Crippen molar-refractivity contribution in [3.63, 3.8) is 0 Å². The molecule has 160 valence electrons. The third-order valence-corrected chi connectivity index (χ3v) is 5.22. The average Bonchev–Trinajstić information content (AvgIpc) is 3.32. The molecule has 0 spiro atoms. The van der Waals surface area contributed by atoms with Gasteiger partial charge in [-0.15, -0.1) is 10.2 Å². The van der Waals surface area contributed by atoms with E-state index in [2.05, 4.69) is 16.3 Å². The Morgan fingerprint density at radius 2 is 1.69 bits per heavy atom. The second-order valence-corrected chi connectivity index (χ2v) is 8.04. The number of nitrogens with one attached hydrogen (secondary N) is 1. The molecule has 0 bridgehead atoms. The van der Waals surface area contributed by atoms with Gasteiger partial charge in [0.05, 0.1) is 29.6 Å². The van der Waals surface area contributed by atoms with Crippen molar-refractivity contribution in [2.75, 3.05) is 9.73 Å². The maximum Gasteiger partial charge on any atom is 0.357 e. The fraction of sp³-hybridized carbons (Fsp3) is 0.0455. The molecule has 1 heterocycles. The van der Waals surface area contributed by atoms with E-state index in [0.717, 1.165) is 11.3 Å². The lowest BCUT2D eigenvalue weighted by atomic mass is 9.99. The van der Waals surface area contributed by atoms with E-state index in [0.29, 0.717) is 23.2 Å². The standard InChI is InChI=1S/C22H18N6O3S/c23-13-19-8-11-21(12-22(19)18-6-9-20(10-7-18)26-32(29,30)31)28(27-15-24-25-16-27)14-17-4-2-1-3-5-17/h1-12,15-16,26H,14H2,(H,29,30,31). The van der Waals surface area contributed by atoms with Crippen LogP contribution >= 0.6 is 0 Å². The van der Waals surface area contributed by atoms with Crippen LogP contribution in [-0.4, -0.2) is 27.8 Å². The smallest absolute Gasteiger partial charge is 0.274 e. The van der Waals surface area contributed by atoms with Gasteiger partial charge in [0.1, 0.15) is 12.7 Å². The van der Waals surface area contributed by atoms with Crippen LogP contribution in [0, 0.1) is 11.3 Å². The lowest BCUT2D eigenvalue weighted by molar-refractivity contribution is 0.489. The van der Waals surface area contributed by atoms with Crippen LogP contribution in [-0.2, 0) is 16.8 Å². The summed E-state index contributed by atoms with van der Waals surface area (Å²) in [6, 6.07) is 23.9. The highest BCUT2D eigenvalue weighted by atomic mass is 32.2. The van der Waals surface area contributed by atoms with Crippen molar-refractivity contribution >= 4 is 21.7 Å². The second kappa shape index (κ2) is 8.89. The highest BCUT2D eigenvalue weighted by molar-refractivity contribution is 7.87. The Morgan fingerprint density at radius 3 is 2.31 bits per heavy atom. The summed E-state index contributed by atoms with van der Waals surface area (Å²) in [6.07, 6.45) is 3.19. The fourth-order valence-electron chi connectivity index (χ4n) is 3.28. The number of rotatable bonds is 7. The zero-order valence-corrected chi connectivity index (χ0v) is 17.5. The van der Waals surface area contributed by atoms with Crippen LogP contribution in [0.25, 0.3) is 11.1 Å². The summed E-state index contributed by atoms with van der Waals surface area (Å²) in [7, 11) is -4.36. The Hall–Kier alpha value is -4.20. The summed E-state index contributed by atoms with van der Waals surface area (Å²) < 4.78 is 34.8. The predicted octanol–water partition coefficient (Wildman–Crippen LogP) is 3.50. The van der Waals surface area contributed by atoms with Gasteiger partial charge in [0.15, 0.2) is 0 Å². The number of hydrogen-bond donors (Lipinski definition) is 2. The van der Waals surface area contributed by atoms with Crippen molar-refractivity contribution in [2.45, 2.75) is 6.54 Å². The first-order valence-electron chi connectivity index (χ1n) is 9.49. The van der Waals surface area contributed by atoms with Gasteiger partial charge in [0.2, 0.25) is 0 Å². The minimum atomic E-state index is -4.36. The minimum absolute atomic E-state index is 0.209. The molecular weight excluding hydrogens is 428 g/mol. The van der Waals surface area contributed by atoms with Crippen molar-refractivity contribution in [2.24, 2.45) is 0 Å². The van der Waals surface area contributed by atoms with Gasteiger partial charge in [-0.1, -0.05) is 42.5 Å². The molecule has 0 radical (unpaired) electrons. The highest BCUT2D eigenvalue weighted by Crippen LogP contribution is 2.30. The molecule has 0 fully saturated rings. The normalized spacial score (nSPS) is 11.0. The Balaban J connectivity index is 1.73. The van der Waals surface area contributed by atoms with Gasteiger partial charge < -0.3 is 0 Å². The summed E-state index contributed by atoms with van der Waals surface area (Å²) in [5, 5.41) is 19.4. The van der Waals surface area contributed by atoms with E-state index in [1.807, 2.05) is 52.2 Å². The molecule has 0 unspecified atom stereocenters. The second-order valence-electron chi connectivity index (χ2n) is 6.88. The molecule has 0 saturated heterocycles. The number of anilines is 2. The first kappa shape index (κ1) is 21.0. The number of hydrogen-bond acceptors (Lipinski definition) is 6. The zero-order valence-electron chi connectivity index (χ0n) is 16.7. The molecule has 9 nitrogen and oxygen atoms in total. The van der Waals surface area contributed by atoms with Gasteiger partial charge in [0, 0.05) is 5.56 Å². The van der Waals surface area contributed by atoms with Crippen molar-refractivity contribution in [1.29, 1.82) is 5.26 Å². The van der Waals surface area contributed by atoms with E-state index in [4.69, 9.17) is 4.55 Å². The first-order valence-corrected chi connectivity index (χ1v) is 10.9. The molecule has 10 heteroatoms. The summed E-state index contributed by atoms with van der Waals surface area (Å²) in [6.45, 7) is 0.543. The summed E-state index contributed by atoms with van der Waals surface area (Å²) in [5.74, 6) is 0. The van der Waals surface area contributed by atoms with Gasteiger partial charge in [-0.25, -0.2) is 4.68 Å². The van der Waals surface area contributed by atoms with Crippen LogP contribution < -0.4 is 9.73 Å². The van der Waals surface area contributed by atoms with Gasteiger partial charge >= 0.3 is 10.3 Å². The maximum absolute atomic E-state index is 11.0. The molecule has 4 aromatic rings. The van der Waals surface area contributed by atoms with Gasteiger partial charge in [-0.2, -0.15) is 13.7 Å². The first-order chi connectivity index (χ1) is 15.4. The summed E-state index contributed by atoms with van der Waals surface area (Å²) in [4.78, 5) is 0. The largest absolute Gasteiger partial charge is 0.357 e. The van der Waals surface area contributed by atoms with Crippen LogP contribution in [0.1, 0.15) is 11.1 Å². The number of aromatic nitrogens is 3. The van der Waals surface area contributed by atoms with Crippen LogP contribution in [0.3, 0.4) is 0 Å². The molecule has 0 aliphatic carbocycles. The van der Waals surface area contributed by atoms with Crippen molar-refractivity contribution in [3.05, 3.63) is 96.6 Å². The Labute approximate surface area is 185 Å². The van der Waals surface area contributed by atoms with Crippen molar-refractivity contribution in [1.82, 2.24) is 14.9 Å². The lowest BCUT2D eigenvalue weighted by Gasteiger charge is -2.26. The minimum Gasteiger partial charge on any atom is -0.274 e. The van der Waals surface area contributed by atoms with E-state index in [-0.39, 0.29) is 5.69 Å². The summed E-state index contributed by atoms with van der Waals surface area (Å²) in [5.41, 5.74) is 3.95. The van der Waals surface area contributed by atoms with Crippen LogP contribution in [0.2, 0.25) is 0 Å². The van der Waals surface area contributed by atoms with E-state index in [1.165, 1.54) is 12.1 Å². The highest BCUT2D eigenvalue weighted by Gasteiger charge is 2.14. The molecule has 0 amide bonds. The van der Waals surface area contributed by atoms with Gasteiger partial charge in [-0.05, 0) is 41.5 Å². The Kier molecular flexibility index (Phi) is 5.85. The van der Waals surface area contributed by atoms with E-state index in [9.17, 15) is 13.7 Å². The monoisotopic (exact) mass is 446 g/mol. The summed E-state index contributed by atoms with van der Waals surface area (Å²) >= 11 is 0. The average molecular weight is 446 g/mol. The molecule has 0 saturated carbocycles. The van der Waals surface area contributed by atoms with Crippen molar-refractivity contribution < 1.29 is 13.0 Å². The van der Waals surface area contributed by atoms with Crippen LogP contribution in [0.4, 0.5) is 11.4 Å². The molecular formula is C22H18N6O3S. The van der Waals surface area contributed by atoms with E-state index < -0.39 is 10.3 Å². The van der Waals surface area contributed by atoms with Crippen LogP contribution in [0.15, 0.2) is 85.5 Å². The fourth-order valence-corrected chi connectivity index (χ4v) is 3.71. The SMILES string of the molecule is N#Cc1ccc(N(Cc2ccccc2)n2cnnc2)cc1-c1ccc(NS(=O)(=O)O)cc1. The third-order valence-electron chi connectivity index (χ3n) is 4.72. The quantitative estimate of drug-likeness (QED) is 0.416. The molecule has 0 aliphatic heterocycles. The third kappa shape index (κ3) is 4.92. The van der Waals surface area contributed by atoms with Crippen LogP contribution in [0.5, 0.6) is 0 Å². The lowest BCUT2D eigenvalue weighted by Crippen LogP contribution is -2.27. The molecule has 4 rings (SSSR count). The molecule has 2 N–H and O–H groups in total. The number of nitrogens with zero attached hydrogens (tertiary/aromatic N) is 5. The van der Waals surface area contributed by atoms with Crippen molar-refractivity contribution in [3.8, 4) is 17.2 Å². The Bertz CT molecular complexity index is 1350. The molecule has 1 aromatic heterocycles. The van der Waals surface area contributed by atoms with E-state index >= 15 is 0 Å². The molecule has 3 aromatic carbocycles. The van der Waals surface area contributed by atoms with Gasteiger partial charge in [0.25, 0.3) is 0 Å². The zero-order chi connectivity index (χ0) is 22.6. The number of nitriles is 1. The van der Waals surface area contributed by atoms with E-state index in [1.54, 1.807) is 35.5 Å². The maximum atomic E-state index is 11.0. The molecule has 0 atom stereocenters. The van der Waals surface area contributed by atoms with Gasteiger partial charge in [-0.3, -0.25) is 14.3 Å². The molecule has 0 aliphatic rings. The Morgan fingerprint density at radius 1 is 1.00 bits per heavy atom.